The number of aliphatic hydroxyl groups is 1. The monoisotopic (exact) mass is 560 g/mol. The van der Waals surface area contributed by atoms with E-state index in [1.165, 1.54) is 17.0 Å². The molecule has 37 heavy (non-hydrogen) atoms. The Balaban J connectivity index is 1.61. The van der Waals surface area contributed by atoms with Crippen LogP contribution in [0.4, 0.5) is 11.4 Å². The largest absolute Gasteiger partial charge is 0.508 e. The highest BCUT2D eigenvalue weighted by molar-refractivity contribution is 9.10. The number of ketones is 1. The average molecular weight is 561 g/mol. The Hall–Kier alpha value is -4.04. The van der Waals surface area contributed by atoms with E-state index in [4.69, 9.17) is 4.42 Å². The standard InChI is InChI=1S/C29H25BrN2O5/c1-3-31(4-2)20-9-11-21(12-10-20)32-26(17-6-5-7-22(33)15-17)25(28(35)29(32)36)27(34)24-16-18-14-19(30)8-13-23(18)37-24/h5-16,26,33,35H,3-4H2,1-2H3. The summed E-state index contributed by atoms with van der Waals surface area (Å²) in [5.74, 6) is -1.97. The summed E-state index contributed by atoms with van der Waals surface area (Å²) >= 11 is 3.41. The van der Waals surface area contributed by atoms with Crippen LogP contribution in [-0.4, -0.2) is 35.0 Å². The summed E-state index contributed by atoms with van der Waals surface area (Å²) in [4.78, 5) is 30.7. The maximum atomic E-state index is 13.8. The highest BCUT2D eigenvalue weighted by Gasteiger charge is 2.45. The Bertz CT molecular complexity index is 1540. The van der Waals surface area contributed by atoms with Gasteiger partial charge >= 0.3 is 0 Å². The zero-order valence-electron chi connectivity index (χ0n) is 20.3. The first-order valence-electron chi connectivity index (χ1n) is 12.0. The molecular formula is C29H25BrN2O5. The SMILES string of the molecule is CCN(CC)c1ccc(N2C(=O)C(O)=C(C(=O)c3cc4cc(Br)ccc4o3)C2c2cccc(O)c2)cc1. The van der Waals surface area contributed by atoms with Crippen molar-refractivity contribution in [3.8, 4) is 5.75 Å². The van der Waals surface area contributed by atoms with Crippen LogP contribution in [0.3, 0.4) is 0 Å². The van der Waals surface area contributed by atoms with Crippen LogP contribution >= 0.6 is 15.9 Å². The normalized spacial score (nSPS) is 15.6. The fourth-order valence-corrected chi connectivity index (χ4v) is 5.16. The number of halogens is 1. The molecule has 188 valence electrons. The number of fused-ring (bicyclic) bond motifs is 1. The maximum absolute atomic E-state index is 13.8. The van der Waals surface area contributed by atoms with Gasteiger partial charge in [-0.2, -0.15) is 0 Å². The first-order chi connectivity index (χ1) is 17.8. The topological polar surface area (TPSA) is 94.2 Å². The van der Waals surface area contributed by atoms with Gasteiger partial charge in [-0.05, 0) is 80.1 Å². The lowest BCUT2D eigenvalue weighted by atomic mass is 9.94. The molecular weight excluding hydrogens is 536 g/mol. The fraction of sp³-hybridized carbons (Fsp3) is 0.172. The smallest absolute Gasteiger partial charge is 0.294 e. The van der Waals surface area contributed by atoms with E-state index in [0.29, 0.717) is 22.2 Å². The third-order valence-electron chi connectivity index (χ3n) is 6.60. The van der Waals surface area contributed by atoms with Gasteiger partial charge in [-0.15, -0.1) is 0 Å². The number of carbonyl (C=O) groups is 2. The Morgan fingerprint density at radius 2 is 1.73 bits per heavy atom. The molecule has 3 aromatic carbocycles. The third kappa shape index (κ3) is 4.38. The number of nitrogens with zero attached hydrogens (tertiary/aromatic N) is 2. The van der Waals surface area contributed by atoms with Crippen molar-refractivity contribution in [3.05, 3.63) is 99.9 Å². The van der Waals surface area contributed by atoms with Crippen LogP contribution in [0.5, 0.6) is 5.75 Å². The van der Waals surface area contributed by atoms with Gasteiger partial charge in [0.05, 0.1) is 11.6 Å². The summed E-state index contributed by atoms with van der Waals surface area (Å²) in [6.45, 7) is 5.80. The summed E-state index contributed by atoms with van der Waals surface area (Å²) in [7, 11) is 0. The van der Waals surface area contributed by atoms with Crippen molar-refractivity contribution < 1.29 is 24.2 Å². The lowest BCUT2D eigenvalue weighted by Crippen LogP contribution is -2.31. The van der Waals surface area contributed by atoms with Gasteiger partial charge < -0.3 is 19.5 Å². The highest BCUT2D eigenvalue weighted by atomic mass is 79.9. The number of Topliss-reactive ketones (excluding diaryl/α,β-unsaturated/α-hetero) is 1. The Kier molecular flexibility index (Phi) is 6.52. The molecule has 1 unspecified atom stereocenters. The van der Waals surface area contributed by atoms with Crippen LogP contribution in [0.1, 0.15) is 36.0 Å². The highest BCUT2D eigenvalue weighted by Crippen LogP contribution is 2.43. The molecule has 7 nitrogen and oxygen atoms in total. The van der Waals surface area contributed by atoms with E-state index >= 15 is 0 Å². The van der Waals surface area contributed by atoms with Gasteiger partial charge in [-0.25, -0.2) is 0 Å². The lowest BCUT2D eigenvalue weighted by Gasteiger charge is -2.28. The van der Waals surface area contributed by atoms with Gasteiger partial charge in [-0.3, -0.25) is 14.5 Å². The number of rotatable bonds is 7. The molecule has 8 heteroatoms. The predicted molar refractivity (Wildman–Crippen MR) is 146 cm³/mol. The van der Waals surface area contributed by atoms with Crippen LogP contribution in [0, 0.1) is 0 Å². The Labute approximate surface area is 222 Å². The van der Waals surface area contributed by atoms with Crippen molar-refractivity contribution in [2.45, 2.75) is 19.9 Å². The number of benzene rings is 3. The van der Waals surface area contributed by atoms with Gasteiger partial charge in [0.1, 0.15) is 11.3 Å². The maximum Gasteiger partial charge on any atom is 0.294 e. The van der Waals surface area contributed by atoms with Gasteiger partial charge in [-0.1, -0.05) is 28.1 Å². The molecule has 5 rings (SSSR count). The minimum Gasteiger partial charge on any atom is -0.508 e. The van der Waals surface area contributed by atoms with Crippen LogP contribution in [0.25, 0.3) is 11.0 Å². The minimum atomic E-state index is -0.966. The van der Waals surface area contributed by atoms with Gasteiger partial charge in [0.2, 0.25) is 5.78 Å². The molecule has 0 saturated carbocycles. The minimum absolute atomic E-state index is 0.00587. The van der Waals surface area contributed by atoms with Crippen LogP contribution in [0.2, 0.25) is 0 Å². The van der Waals surface area contributed by atoms with Gasteiger partial charge in [0.15, 0.2) is 11.5 Å². The lowest BCUT2D eigenvalue weighted by molar-refractivity contribution is -0.117. The fourth-order valence-electron chi connectivity index (χ4n) is 4.79. The predicted octanol–water partition coefficient (Wildman–Crippen LogP) is 6.53. The summed E-state index contributed by atoms with van der Waals surface area (Å²) in [5.41, 5.74) is 2.39. The Morgan fingerprint density at radius 1 is 1.00 bits per heavy atom. The van der Waals surface area contributed by atoms with E-state index in [0.717, 1.165) is 23.2 Å². The quantitative estimate of drug-likeness (QED) is 0.249. The number of amides is 1. The summed E-state index contributed by atoms with van der Waals surface area (Å²) in [6, 6.07) is 19.7. The summed E-state index contributed by atoms with van der Waals surface area (Å²) in [5, 5.41) is 21.9. The number of phenolic OH excluding ortho intramolecular Hbond substituents is 1. The molecule has 1 aromatic heterocycles. The van der Waals surface area contributed by atoms with E-state index in [2.05, 4.69) is 34.7 Å². The zero-order chi connectivity index (χ0) is 26.3. The molecule has 2 N–H and O–H groups in total. The summed E-state index contributed by atoms with van der Waals surface area (Å²) in [6.07, 6.45) is 0. The molecule has 2 heterocycles. The van der Waals surface area contributed by atoms with Crippen LogP contribution in [-0.2, 0) is 4.79 Å². The molecule has 0 radical (unpaired) electrons. The second kappa shape index (κ2) is 9.78. The van der Waals surface area contributed by atoms with Gasteiger partial charge in [0, 0.05) is 34.3 Å². The van der Waals surface area contributed by atoms with Crippen molar-refractivity contribution in [2.24, 2.45) is 0 Å². The molecule has 4 aromatic rings. The molecule has 1 aliphatic rings. The van der Waals surface area contributed by atoms with E-state index in [1.54, 1.807) is 42.5 Å². The first kappa shape index (κ1) is 24.6. The van der Waals surface area contributed by atoms with Crippen LogP contribution < -0.4 is 9.80 Å². The second-order valence-corrected chi connectivity index (χ2v) is 9.66. The van der Waals surface area contributed by atoms with Crippen molar-refractivity contribution in [2.75, 3.05) is 22.9 Å². The summed E-state index contributed by atoms with van der Waals surface area (Å²) < 4.78 is 6.62. The van der Waals surface area contributed by atoms with E-state index in [-0.39, 0.29) is 17.1 Å². The number of anilines is 2. The number of carbonyl (C=O) groups excluding carboxylic acids is 2. The number of aliphatic hydroxyl groups excluding tert-OH is 1. The number of aromatic hydroxyl groups is 1. The molecule has 0 bridgehead atoms. The second-order valence-electron chi connectivity index (χ2n) is 8.75. The van der Waals surface area contributed by atoms with Crippen molar-refractivity contribution >= 4 is 50.0 Å². The van der Waals surface area contributed by atoms with Gasteiger partial charge in [0.25, 0.3) is 5.91 Å². The van der Waals surface area contributed by atoms with Crippen molar-refractivity contribution in [3.63, 3.8) is 0 Å². The number of hydrogen-bond donors (Lipinski definition) is 2. The van der Waals surface area contributed by atoms with E-state index in [1.807, 2.05) is 18.2 Å². The average Bonchev–Trinajstić information content (AvgIpc) is 3.43. The molecule has 0 aliphatic carbocycles. The zero-order valence-corrected chi connectivity index (χ0v) is 21.9. The third-order valence-corrected chi connectivity index (χ3v) is 7.09. The van der Waals surface area contributed by atoms with Crippen molar-refractivity contribution in [1.29, 1.82) is 0 Å². The molecule has 0 fully saturated rings. The van der Waals surface area contributed by atoms with Crippen molar-refractivity contribution in [1.82, 2.24) is 0 Å². The van der Waals surface area contributed by atoms with E-state index in [9.17, 15) is 19.8 Å². The number of furan rings is 1. The Morgan fingerprint density at radius 3 is 2.41 bits per heavy atom. The first-order valence-corrected chi connectivity index (χ1v) is 12.8. The molecule has 0 spiro atoms. The number of phenols is 1. The van der Waals surface area contributed by atoms with Crippen LogP contribution in [0.15, 0.2) is 93.0 Å². The molecule has 1 aliphatic heterocycles. The number of hydrogen-bond acceptors (Lipinski definition) is 6. The van der Waals surface area contributed by atoms with E-state index < -0.39 is 23.5 Å². The molecule has 0 saturated heterocycles. The molecule has 1 atom stereocenters. The molecule has 1 amide bonds.